The highest BCUT2D eigenvalue weighted by molar-refractivity contribution is 6.08. The number of nitrogens with zero attached hydrogens (tertiary/aromatic N) is 1. The van der Waals surface area contributed by atoms with Gasteiger partial charge in [-0.3, -0.25) is 4.99 Å². The van der Waals surface area contributed by atoms with Crippen molar-refractivity contribution in [1.29, 1.82) is 0 Å². The molecule has 0 aromatic heterocycles. The van der Waals surface area contributed by atoms with E-state index >= 15 is 0 Å². The van der Waals surface area contributed by atoms with Crippen molar-refractivity contribution in [3.8, 4) is 0 Å². The summed E-state index contributed by atoms with van der Waals surface area (Å²) in [5.74, 6) is 0. The van der Waals surface area contributed by atoms with Crippen molar-refractivity contribution in [2.45, 2.75) is 45.9 Å². The maximum absolute atomic E-state index is 5.35. The second-order valence-corrected chi connectivity index (χ2v) is 2.86. The number of rotatable bonds is 6. The monoisotopic (exact) mass is 151 g/mol. The standard InChI is InChI=1S/C9H18BN/c1-3-4-6-9(2)11-8-5-7-10/h3-8H2,1-2H3. The van der Waals surface area contributed by atoms with Gasteiger partial charge in [-0.1, -0.05) is 19.7 Å². The summed E-state index contributed by atoms with van der Waals surface area (Å²) >= 11 is 0. The van der Waals surface area contributed by atoms with E-state index in [-0.39, 0.29) is 0 Å². The molecule has 0 atom stereocenters. The van der Waals surface area contributed by atoms with Crippen LogP contribution < -0.4 is 0 Å². The van der Waals surface area contributed by atoms with Crippen molar-refractivity contribution in [2.75, 3.05) is 6.54 Å². The zero-order valence-electron chi connectivity index (χ0n) is 7.77. The molecule has 0 N–H and O–H groups in total. The van der Waals surface area contributed by atoms with Gasteiger partial charge in [0, 0.05) is 12.3 Å². The SMILES string of the molecule is [B]CCCN=C(C)CCCC. The third kappa shape index (κ3) is 7.63. The number of hydrogen-bond acceptors (Lipinski definition) is 1. The van der Waals surface area contributed by atoms with E-state index in [1.807, 2.05) is 0 Å². The molecule has 0 heterocycles. The van der Waals surface area contributed by atoms with E-state index < -0.39 is 0 Å². The van der Waals surface area contributed by atoms with Crippen LogP contribution in [0.5, 0.6) is 0 Å². The molecular formula is C9H18BN. The van der Waals surface area contributed by atoms with Gasteiger partial charge in [0.2, 0.25) is 0 Å². The Morgan fingerprint density at radius 1 is 1.36 bits per heavy atom. The minimum atomic E-state index is 0.755. The van der Waals surface area contributed by atoms with Gasteiger partial charge in [0.15, 0.2) is 0 Å². The van der Waals surface area contributed by atoms with Crippen molar-refractivity contribution < 1.29 is 0 Å². The van der Waals surface area contributed by atoms with Crippen molar-refractivity contribution in [2.24, 2.45) is 4.99 Å². The van der Waals surface area contributed by atoms with Crippen LogP contribution in [0.1, 0.15) is 39.5 Å². The van der Waals surface area contributed by atoms with Crippen LogP contribution in [0.4, 0.5) is 0 Å². The molecule has 0 aliphatic rings. The van der Waals surface area contributed by atoms with Crippen LogP contribution in [-0.2, 0) is 0 Å². The summed E-state index contributed by atoms with van der Waals surface area (Å²) in [4.78, 5) is 4.39. The molecule has 0 fully saturated rings. The Morgan fingerprint density at radius 2 is 2.09 bits per heavy atom. The first-order chi connectivity index (χ1) is 5.31. The molecule has 0 saturated carbocycles. The second kappa shape index (κ2) is 7.84. The van der Waals surface area contributed by atoms with Gasteiger partial charge in [-0.25, -0.2) is 0 Å². The number of unbranched alkanes of at least 4 members (excludes halogenated alkanes) is 1. The molecule has 0 aliphatic carbocycles. The Bertz CT molecular complexity index is 110. The lowest BCUT2D eigenvalue weighted by Gasteiger charge is -1.98. The van der Waals surface area contributed by atoms with Crippen molar-refractivity contribution in [1.82, 2.24) is 0 Å². The normalized spacial score (nSPS) is 12.0. The lowest BCUT2D eigenvalue weighted by Crippen LogP contribution is -1.93. The summed E-state index contributed by atoms with van der Waals surface area (Å²) in [5.41, 5.74) is 1.28. The summed E-state index contributed by atoms with van der Waals surface area (Å²) in [7, 11) is 5.35. The lowest BCUT2D eigenvalue weighted by molar-refractivity contribution is 0.824. The fraction of sp³-hybridized carbons (Fsp3) is 0.889. The van der Waals surface area contributed by atoms with E-state index in [0.29, 0.717) is 0 Å². The molecule has 0 rings (SSSR count). The summed E-state index contributed by atoms with van der Waals surface area (Å²) in [6.45, 7) is 5.21. The molecule has 11 heavy (non-hydrogen) atoms. The van der Waals surface area contributed by atoms with Gasteiger partial charge in [0.25, 0.3) is 0 Å². The second-order valence-electron chi connectivity index (χ2n) is 2.86. The molecule has 0 saturated heterocycles. The number of aliphatic imine (C=N–C) groups is 1. The molecule has 0 aliphatic heterocycles. The van der Waals surface area contributed by atoms with Crippen molar-refractivity contribution in [3.05, 3.63) is 0 Å². The summed E-state index contributed by atoms with van der Waals surface area (Å²) in [6.07, 6.45) is 5.44. The Morgan fingerprint density at radius 3 is 2.64 bits per heavy atom. The minimum absolute atomic E-state index is 0.755. The Kier molecular flexibility index (Phi) is 7.65. The summed E-state index contributed by atoms with van der Waals surface area (Å²) in [5, 5.41) is 0. The molecule has 0 spiro atoms. The van der Waals surface area contributed by atoms with E-state index in [1.54, 1.807) is 0 Å². The molecule has 2 radical (unpaired) electrons. The van der Waals surface area contributed by atoms with Gasteiger partial charge in [-0.05, 0) is 26.2 Å². The summed E-state index contributed by atoms with van der Waals surface area (Å²) in [6, 6.07) is 0. The van der Waals surface area contributed by atoms with Gasteiger partial charge >= 0.3 is 0 Å². The van der Waals surface area contributed by atoms with E-state index in [1.165, 1.54) is 18.6 Å². The maximum Gasteiger partial charge on any atom is 0.0653 e. The molecule has 0 unspecified atom stereocenters. The van der Waals surface area contributed by atoms with Gasteiger partial charge in [0.1, 0.15) is 0 Å². The summed E-state index contributed by atoms with van der Waals surface area (Å²) < 4.78 is 0. The van der Waals surface area contributed by atoms with Crippen LogP contribution in [-0.4, -0.2) is 20.1 Å². The smallest absolute Gasteiger partial charge is 0.0653 e. The third-order valence-corrected chi connectivity index (χ3v) is 1.64. The van der Waals surface area contributed by atoms with Gasteiger partial charge in [-0.2, -0.15) is 0 Å². The van der Waals surface area contributed by atoms with Crippen LogP contribution in [0.15, 0.2) is 4.99 Å². The van der Waals surface area contributed by atoms with Crippen LogP contribution in [0.2, 0.25) is 6.32 Å². The van der Waals surface area contributed by atoms with Crippen molar-refractivity contribution >= 4 is 13.6 Å². The van der Waals surface area contributed by atoms with Gasteiger partial charge in [-0.15, -0.1) is 0 Å². The molecule has 0 aromatic rings. The Labute approximate surface area is 71.7 Å². The lowest BCUT2D eigenvalue weighted by atomic mass is 10.0. The first-order valence-corrected chi connectivity index (χ1v) is 4.51. The predicted molar refractivity (Wildman–Crippen MR) is 52.7 cm³/mol. The van der Waals surface area contributed by atoms with E-state index in [0.717, 1.165) is 25.7 Å². The molecule has 2 heteroatoms. The van der Waals surface area contributed by atoms with E-state index in [4.69, 9.17) is 7.85 Å². The van der Waals surface area contributed by atoms with Crippen molar-refractivity contribution in [3.63, 3.8) is 0 Å². The predicted octanol–water partition coefficient (Wildman–Crippen LogP) is 2.61. The molecular weight excluding hydrogens is 133 g/mol. The van der Waals surface area contributed by atoms with Gasteiger partial charge in [0.05, 0.1) is 7.85 Å². The first-order valence-electron chi connectivity index (χ1n) is 4.51. The average molecular weight is 151 g/mol. The van der Waals surface area contributed by atoms with Crippen LogP contribution in [0.3, 0.4) is 0 Å². The topological polar surface area (TPSA) is 12.4 Å². The minimum Gasteiger partial charge on any atom is -0.294 e. The van der Waals surface area contributed by atoms with Crippen LogP contribution in [0, 0.1) is 0 Å². The van der Waals surface area contributed by atoms with E-state index in [2.05, 4.69) is 18.8 Å². The highest BCUT2D eigenvalue weighted by Crippen LogP contribution is 1.97. The van der Waals surface area contributed by atoms with Gasteiger partial charge < -0.3 is 0 Å². The molecule has 62 valence electrons. The molecule has 0 aromatic carbocycles. The zero-order valence-corrected chi connectivity index (χ0v) is 7.77. The first kappa shape index (κ1) is 10.7. The fourth-order valence-corrected chi connectivity index (χ4v) is 0.873. The Balaban J connectivity index is 3.30. The van der Waals surface area contributed by atoms with E-state index in [9.17, 15) is 0 Å². The third-order valence-electron chi connectivity index (χ3n) is 1.64. The highest BCUT2D eigenvalue weighted by atomic mass is 14.7. The number of hydrogen-bond donors (Lipinski definition) is 0. The fourth-order valence-electron chi connectivity index (χ4n) is 0.873. The quantitative estimate of drug-likeness (QED) is 0.314. The largest absolute Gasteiger partial charge is 0.294 e. The van der Waals surface area contributed by atoms with Crippen LogP contribution in [0.25, 0.3) is 0 Å². The van der Waals surface area contributed by atoms with Crippen LogP contribution >= 0.6 is 0 Å². The molecule has 0 amide bonds. The average Bonchev–Trinajstić information content (AvgIpc) is 2.01. The highest BCUT2D eigenvalue weighted by Gasteiger charge is 1.89. The maximum atomic E-state index is 5.35. The molecule has 1 nitrogen and oxygen atoms in total. The zero-order chi connectivity index (χ0) is 8.53. The Hall–Kier alpha value is -0.265. The molecule has 0 bridgehead atoms.